The molecule has 0 radical (unpaired) electrons. The highest BCUT2D eigenvalue weighted by atomic mass is 35.5. The summed E-state index contributed by atoms with van der Waals surface area (Å²) in [6, 6.07) is 6.48. The van der Waals surface area contributed by atoms with Crippen LogP contribution < -0.4 is 5.32 Å². The zero-order chi connectivity index (χ0) is 9.54. The normalized spacial score (nSPS) is 14.7. The van der Waals surface area contributed by atoms with Crippen LogP contribution >= 0.6 is 12.4 Å². The summed E-state index contributed by atoms with van der Waals surface area (Å²) >= 11 is 0. The Bertz CT molecular complexity index is 488. The lowest BCUT2D eigenvalue weighted by Crippen LogP contribution is -2.23. The monoisotopic (exact) mass is 222 g/mol. The average molecular weight is 223 g/mol. The Morgan fingerprint density at radius 3 is 3.00 bits per heavy atom. The Kier molecular flexibility index (Phi) is 2.72. The van der Waals surface area contributed by atoms with Crippen LogP contribution in [-0.4, -0.2) is 11.5 Å². The maximum absolute atomic E-state index is 3.49. The average Bonchev–Trinajstić information content (AvgIpc) is 2.57. The minimum atomic E-state index is 0. The van der Waals surface area contributed by atoms with E-state index in [0.717, 1.165) is 19.5 Å². The van der Waals surface area contributed by atoms with E-state index in [1.165, 1.54) is 27.7 Å². The molecule has 0 saturated heterocycles. The van der Waals surface area contributed by atoms with E-state index in [4.69, 9.17) is 0 Å². The van der Waals surface area contributed by atoms with Gasteiger partial charge in [-0.15, -0.1) is 12.4 Å². The molecular weight excluding hydrogens is 208 g/mol. The number of benzene rings is 1. The first-order valence-corrected chi connectivity index (χ1v) is 5.16. The Labute approximate surface area is 95.5 Å². The first kappa shape index (κ1) is 10.5. The van der Waals surface area contributed by atoms with E-state index >= 15 is 0 Å². The molecule has 0 saturated carbocycles. The molecule has 0 fully saturated rings. The molecule has 1 aliphatic heterocycles. The highest BCUT2D eigenvalue weighted by Gasteiger charge is 2.15. The molecule has 1 aromatic heterocycles. The number of aromatic nitrogens is 1. The van der Waals surface area contributed by atoms with Crippen LogP contribution in [0.3, 0.4) is 0 Å². The molecule has 0 atom stereocenters. The van der Waals surface area contributed by atoms with Crippen molar-refractivity contribution < 1.29 is 0 Å². The first-order valence-electron chi connectivity index (χ1n) is 5.16. The molecule has 0 bridgehead atoms. The number of aromatic amines is 1. The summed E-state index contributed by atoms with van der Waals surface area (Å²) in [5.41, 5.74) is 5.58. The summed E-state index contributed by atoms with van der Waals surface area (Å²) in [4.78, 5) is 3.49. The van der Waals surface area contributed by atoms with Crippen LogP contribution in [0.2, 0.25) is 0 Å². The fourth-order valence-electron chi connectivity index (χ4n) is 2.41. The van der Waals surface area contributed by atoms with Gasteiger partial charge >= 0.3 is 0 Å². The van der Waals surface area contributed by atoms with Crippen molar-refractivity contribution in [1.82, 2.24) is 10.3 Å². The summed E-state index contributed by atoms with van der Waals surface area (Å²) in [5.74, 6) is 0. The van der Waals surface area contributed by atoms with Crippen molar-refractivity contribution in [3.8, 4) is 0 Å². The maximum atomic E-state index is 3.49. The maximum Gasteiger partial charge on any atom is 0.0462 e. The van der Waals surface area contributed by atoms with Crippen LogP contribution in [-0.2, 0) is 13.0 Å². The quantitative estimate of drug-likeness (QED) is 0.705. The SMILES string of the molecule is Cc1cccc2[nH]c3c(c12)CCNC3.Cl. The second kappa shape index (κ2) is 3.87. The van der Waals surface area contributed by atoms with Crippen LogP contribution in [0.4, 0.5) is 0 Å². The van der Waals surface area contributed by atoms with Crippen molar-refractivity contribution in [2.45, 2.75) is 19.9 Å². The van der Waals surface area contributed by atoms with Crippen molar-refractivity contribution in [3.05, 3.63) is 35.0 Å². The molecule has 0 spiro atoms. The topological polar surface area (TPSA) is 27.8 Å². The summed E-state index contributed by atoms with van der Waals surface area (Å²) < 4.78 is 0. The van der Waals surface area contributed by atoms with E-state index in [1.54, 1.807) is 0 Å². The van der Waals surface area contributed by atoms with Crippen molar-refractivity contribution >= 4 is 23.3 Å². The molecule has 15 heavy (non-hydrogen) atoms. The minimum Gasteiger partial charge on any atom is -0.357 e. The number of halogens is 1. The summed E-state index contributed by atoms with van der Waals surface area (Å²) in [5, 5.41) is 4.84. The first-order chi connectivity index (χ1) is 6.86. The number of nitrogens with one attached hydrogen (secondary N) is 2. The van der Waals surface area contributed by atoms with Crippen LogP contribution in [0, 0.1) is 6.92 Å². The second-order valence-corrected chi connectivity index (χ2v) is 4.01. The number of H-pyrrole nitrogens is 1. The van der Waals surface area contributed by atoms with E-state index in [9.17, 15) is 0 Å². The van der Waals surface area contributed by atoms with E-state index in [0.29, 0.717) is 0 Å². The lowest BCUT2D eigenvalue weighted by atomic mass is 10.0. The van der Waals surface area contributed by atoms with E-state index in [2.05, 4.69) is 35.4 Å². The third-order valence-corrected chi connectivity index (χ3v) is 3.08. The number of hydrogen-bond acceptors (Lipinski definition) is 1. The van der Waals surface area contributed by atoms with Crippen LogP contribution in [0.25, 0.3) is 10.9 Å². The molecule has 0 unspecified atom stereocenters. The number of hydrogen-bond donors (Lipinski definition) is 2. The fraction of sp³-hybridized carbons (Fsp3) is 0.333. The summed E-state index contributed by atoms with van der Waals surface area (Å²) in [6.45, 7) is 4.29. The van der Waals surface area contributed by atoms with Crippen LogP contribution in [0.5, 0.6) is 0 Å². The predicted octanol–water partition coefficient (Wildman–Crippen LogP) is 2.54. The van der Waals surface area contributed by atoms with Crippen molar-refractivity contribution in [2.75, 3.05) is 6.54 Å². The standard InChI is InChI=1S/C12H14N2.ClH/c1-8-3-2-4-10-12(8)9-5-6-13-7-11(9)14-10;/h2-4,13-14H,5-7H2,1H3;1H. The highest BCUT2D eigenvalue weighted by molar-refractivity contribution is 5.88. The van der Waals surface area contributed by atoms with E-state index < -0.39 is 0 Å². The Morgan fingerprint density at radius 2 is 2.13 bits per heavy atom. The van der Waals surface area contributed by atoms with E-state index in [-0.39, 0.29) is 12.4 Å². The second-order valence-electron chi connectivity index (χ2n) is 4.01. The molecule has 3 rings (SSSR count). The van der Waals surface area contributed by atoms with Gasteiger partial charge in [0.25, 0.3) is 0 Å². The lowest BCUT2D eigenvalue weighted by molar-refractivity contribution is 0.637. The smallest absolute Gasteiger partial charge is 0.0462 e. The molecule has 1 aromatic carbocycles. The fourth-order valence-corrected chi connectivity index (χ4v) is 2.41. The van der Waals surface area contributed by atoms with Crippen molar-refractivity contribution in [3.63, 3.8) is 0 Å². The Hall–Kier alpha value is -0.990. The Balaban J connectivity index is 0.000000853. The molecular formula is C12H15ClN2. The zero-order valence-electron chi connectivity index (χ0n) is 8.76. The minimum absolute atomic E-state index is 0. The number of rotatable bonds is 0. The van der Waals surface area contributed by atoms with Crippen LogP contribution in [0.1, 0.15) is 16.8 Å². The van der Waals surface area contributed by atoms with Gasteiger partial charge in [-0.2, -0.15) is 0 Å². The molecule has 80 valence electrons. The molecule has 0 amide bonds. The third kappa shape index (κ3) is 1.54. The van der Waals surface area contributed by atoms with Gasteiger partial charge in [-0.3, -0.25) is 0 Å². The molecule has 2 heterocycles. The van der Waals surface area contributed by atoms with Gasteiger partial charge in [0.1, 0.15) is 0 Å². The van der Waals surface area contributed by atoms with Gasteiger partial charge in [0.15, 0.2) is 0 Å². The summed E-state index contributed by atoms with van der Waals surface area (Å²) in [7, 11) is 0. The van der Waals surface area contributed by atoms with Gasteiger partial charge in [0.2, 0.25) is 0 Å². The molecule has 0 aliphatic carbocycles. The van der Waals surface area contributed by atoms with Gasteiger partial charge in [0, 0.05) is 23.1 Å². The number of aryl methyl sites for hydroxylation is 1. The Morgan fingerprint density at radius 1 is 1.27 bits per heavy atom. The van der Waals surface area contributed by atoms with Gasteiger partial charge in [0.05, 0.1) is 0 Å². The highest BCUT2D eigenvalue weighted by Crippen LogP contribution is 2.27. The van der Waals surface area contributed by atoms with Gasteiger partial charge in [-0.1, -0.05) is 12.1 Å². The third-order valence-electron chi connectivity index (χ3n) is 3.08. The largest absolute Gasteiger partial charge is 0.357 e. The molecule has 2 aromatic rings. The number of fused-ring (bicyclic) bond motifs is 3. The molecule has 2 N–H and O–H groups in total. The molecule has 3 heteroatoms. The predicted molar refractivity (Wildman–Crippen MR) is 65.7 cm³/mol. The van der Waals surface area contributed by atoms with Crippen molar-refractivity contribution in [1.29, 1.82) is 0 Å². The molecule has 1 aliphatic rings. The van der Waals surface area contributed by atoms with Crippen LogP contribution in [0.15, 0.2) is 18.2 Å². The van der Waals surface area contributed by atoms with Crippen molar-refractivity contribution in [2.24, 2.45) is 0 Å². The van der Waals surface area contributed by atoms with Gasteiger partial charge < -0.3 is 10.3 Å². The lowest BCUT2D eigenvalue weighted by Gasteiger charge is -2.12. The van der Waals surface area contributed by atoms with Gasteiger partial charge in [-0.05, 0) is 37.1 Å². The van der Waals surface area contributed by atoms with Gasteiger partial charge in [-0.25, -0.2) is 0 Å². The van der Waals surface area contributed by atoms with E-state index in [1.807, 2.05) is 0 Å². The molecule has 2 nitrogen and oxygen atoms in total. The zero-order valence-corrected chi connectivity index (χ0v) is 9.58. The summed E-state index contributed by atoms with van der Waals surface area (Å²) in [6.07, 6.45) is 1.15.